The zero-order chi connectivity index (χ0) is 25.1. The second-order valence-electron chi connectivity index (χ2n) is 9.14. The lowest BCUT2D eigenvalue weighted by Gasteiger charge is -2.16. The Labute approximate surface area is 212 Å². The van der Waals surface area contributed by atoms with Crippen LogP contribution in [0.3, 0.4) is 0 Å². The van der Waals surface area contributed by atoms with Crippen LogP contribution in [0.4, 0.5) is 0 Å². The fraction of sp³-hybridized carbons (Fsp3) is 0.241. The van der Waals surface area contributed by atoms with Crippen molar-refractivity contribution in [2.75, 3.05) is 13.1 Å². The normalized spacial score (nSPS) is 14.2. The highest BCUT2D eigenvalue weighted by Crippen LogP contribution is 2.33. The summed E-state index contributed by atoms with van der Waals surface area (Å²) in [4.78, 5) is 18.1. The lowest BCUT2D eigenvalue weighted by molar-refractivity contribution is -0.120. The summed E-state index contributed by atoms with van der Waals surface area (Å²) in [6.07, 6.45) is 2.01. The summed E-state index contributed by atoms with van der Waals surface area (Å²) in [5.74, 6) is -0.110. The SMILES string of the molecule is Cc1nc2ccccc2c(-c2ccccc2)c1CC(=O)NCc1ccc(S(=O)(=O)N2CCCC2)cc1. The van der Waals surface area contributed by atoms with Crippen LogP contribution in [-0.4, -0.2) is 36.7 Å². The number of amides is 1. The number of pyridine rings is 1. The van der Waals surface area contributed by atoms with E-state index in [0.29, 0.717) is 24.5 Å². The van der Waals surface area contributed by atoms with Gasteiger partial charge in [0.05, 0.1) is 16.8 Å². The Morgan fingerprint density at radius 1 is 0.917 bits per heavy atom. The van der Waals surface area contributed by atoms with Gasteiger partial charge in [0, 0.05) is 30.7 Å². The number of aryl methyl sites for hydroxylation is 1. The number of para-hydroxylation sites is 1. The van der Waals surface area contributed by atoms with Crippen LogP contribution in [0.25, 0.3) is 22.0 Å². The predicted octanol–water partition coefficient (Wildman–Crippen LogP) is 4.85. The van der Waals surface area contributed by atoms with Crippen LogP contribution < -0.4 is 5.32 Å². The van der Waals surface area contributed by atoms with Gasteiger partial charge in [-0.05, 0) is 60.2 Å². The van der Waals surface area contributed by atoms with E-state index in [-0.39, 0.29) is 12.3 Å². The minimum absolute atomic E-state index is 0.110. The Kier molecular flexibility index (Phi) is 6.85. The van der Waals surface area contributed by atoms with Gasteiger partial charge in [0.1, 0.15) is 0 Å². The highest BCUT2D eigenvalue weighted by atomic mass is 32.2. The molecule has 0 bridgehead atoms. The largest absolute Gasteiger partial charge is 0.352 e. The van der Waals surface area contributed by atoms with E-state index in [1.165, 1.54) is 4.31 Å². The summed E-state index contributed by atoms with van der Waals surface area (Å²) in [6, 6.07) is 24.9. The molecule has 1 amide bonds. The minimum Gasteiger partial charge on any atom is -0.352 e. The number of carbonyl (C=O) groups is 1. The number of nitrogens with one attached hydrogen (secondary N) is 1. The van der Waals surface area contributed by atoms with E-state index in [2.05, 4.69) is 17.4 Å². The van der Waals surface area contributed by atoms with Crippen LogP contribution >= 0.6 is 0 Å². The maximum Gasteiger partial charge on any atom is 0.243 e. The molecule has 7 heteroatoms. The fourth-order valence-corrected chi connectivity index (χ4v) is 6.32. The Hall–Kier alpha value is -3.55. The van der Waals surface area contributed by atoms with Crippen molar-refractivity contribution < 1.29 is 13.2 Å². The van der Waals surface area contributed by atoms with Crippen molar-refractivity contribution >= 4 is 26.8 Å². The fourth-order valence-electron chi connectivity index (χ4n) is 4.81. The first kappa shape index (κ1) is 24.2. The van der Waals surface area contributed by atoms with E-state index < -0.39 is 10.0 Å². The molecule has 0 unspecified atom stereocenters. The van der Waals surface area contributed by atoms with Crippen molar-refractivity contribution in [3.63, 3.8) is 0 Å². The predicted molar refractivity (Wildman–Crippen MR) is 142 cm³/mol. The van der Waals surface area contributed by atoms with Crippen LogP contribution in [0.2, 0.25) is 0 Å². The van der Waals surface area contributed by atoms with Crippen molar-refractivity contribution in [2.45, 2.75) is 37.6 Å². The molecule has 3 aromatic carbocycles. The quantitative estimate of drug-likeness (QED) is 0.394. The van der Waals surface area contributed by atoms with Crippen LogP contribution in [0.1, 0.15) is 29.7 Å². The number of rotatable bonds is 7. The molecule has 4 aromatic rings. The van der Waals surface area contributed by atoms with Gasteiger partial charge in [-0.3, -0.25) is 9.78 Å². The second kappa shape index (κ2) is 10.2. The number of hydrogen-bond donors (Lipinski definition) is 1. The number of fused-ring (bicyclic) bond motifs is 1. The zero-order valence-corrected chi connectivity index (χ0v) is 21.1. The number of nitrogens with zero attached hydrogens (tertiary/aromatic N) is 2. The second-order valence-corrected chi connectivity index (χ2v) is 11.1. The third kappa shape index (κ3) is 4.90. The zero-order valence-electron chi connectivity index (χ0n) is 20.3. The number of hydrogen-bond acceptors (Lipinski definition) is 4. The van der Waals surface area contributed by atoms with Crippen molar-refractivity contribution in [2.24, 2.45) is 0 Å². The standard InChI is InChI=1S/C29H29N3O3S/c1-21-26(29(23-9-3-2-4-10-23)25-11-5-6-12-27(25)31-21)19-28(33)30-20-22-13-15-24(16-14-22)36(34,35)32-17-7-8-18-32/h2-6,9-16H,7-8,17-20H2,1H3,(H,30,33). The molecule has 1 aliphatic heterocycles. The molecular weight excluding hydrogens is 470 g/mol. The highest BCUT2D eigenvalue weighted by Gasteiger charge is 2.27. The van der Waals surface area contributed by atoms with Gasteiger partial charge in [-0.15, -0.1) is 0 Å². The topological polar surface area (TPSA) is 79.4 Å². The molecule has 6 nitrogen and oxygen atoms in total. The average Bonchev–Trinajstić information content (AvgIpc) is 3.45. The molecule has 36 heavy (non-hydrogen) atoms. The molecule has 0 aliphatic carbocycles. The highest BCUT2D eigenvalue weighted by molar-refractivity contribution is 7.89. The monoisotopic (exact) mass is 499 g/mol. The van der Waals surface area contributed by atoms with Gasteiger partial charge in [0.15, 0.2) is 0 Å². The maximum absolute atomic E-state index is 13.0. The van der Waals surface area contributed by atoms with Crippen LogP contribution in [-0.2, 0) is 27.8 Å². The van der Waals surface area contributed by atoms with Crippen molar-refractivity contribution in [3.8, 4) is 11.1 Å². The molecular formula is C29H29N3O3S. The van der Waals surface area contributed by atoms with Crippen molar-refractivity contribution in [3.05, 3.63) is 95.7 Å². The molecule has 184 valence electrons. The smallest absolute Gasteiger partial charge is 0.243 e. The van der Waals surface area contributed by atoms with E-state index in [1.54, 1.807) is 24.3 Å². The molecule has 0 spiro atoms. The van der Waals surface area contributed by atoms with Crippen LogP contribution in [0.15, 0.2) is 83.8 Å². The number of aromatic nitrogens is 1. The number of sulfonamides is 1. The molecule has 5 rings (SSSR count). The molecule has 1 aliphatic rings. The van der Waals surface area contributed by atoms with Crippen molar-refractivity contribution in [1.29, 1.82) is 0 Å². The molecule has 1 saturated heterocycles. The van der Waals surface area contributed by atoms with Crippen LogP contribution in [0.5, 0.6) is 0 Å². The lowest BCUT2D eigenvalue weighted by atomic mass is 9.92. The Morgan fingerprint density at radius 2 is 1.58 bits per heavy atom. The van der Waals surface area contributed by atoms with Crippen molar-refractivity contribution in [1.82, 2.24) is 14.6 Å². The maximum atomic E-state index is 13.0. The van der Waals surface area contributed by atoms with E-state index in [1.807, 2.05) is 49.4 Å². The molecule has 2 heterocycles. The van der Waals surface area contributed by atoms with E-state index in [9.17, 15) is 13.2 Å². The van der Waals surface area contributed by atoms with Gasteiger partial charge in [-0.1, -0.05) is 60.7 Å². The molecule has 1 fully saturated rings. The van der Waals surface area contributed by atoms with Crippen LogP contribution in [0, 0.1) is 6.92 Å². The van der Waals surface area contributed by atoms with Gasteiger partial charge < -0.3 is 5.32 Å². The Bertz CT molecular complexity index is 1490. The average molecular weight is 500 g/mol. The molecule has 1 aromatic heterocycles. The summed E-state index contributed by atoms with van der Waals surface area (Å²) >= 11 is 0. The third-order valence-electron chi connectivity index (χ3n) is 6.72. The molecule has 1 N–H and O–H groups in total. The van der Waals surface area contributed by atoms with Gasteiger partial charge in [0.2, 0.25) is 15.9 Å². The number of carbonyl (C=O) groups excluding carboxylic acids is 1. The van der Waals surface area contributed by atoms with E-state index in [0.717, 1.165) is 51.7 Å². The third-order valence-corrected chi connectivity index (χ3v) is 8.63. The number of benzene rings is 3. The Morgan fingerprint density at radius 3 is 2.31 bits per heavy atom. The first-order valence-electron chi connectivity index (χ1n) is 12.2. The molecule has 0 radical (unpaired) electrons. The van der Waals surface area contributed by atoms with E-state index in [4.69, 9.17) is 4.98 Å². The van der Waals surface area contributed by atoms with E-state index >= 15 is 0 Å². The summed E-state index contributed by atoms with van der Waals surface area (Å²) < 4.78 is 27.0. The van der Waals surface area contributed by atoms with Gasteiger partial charge in [-0.25, -0.2) is 8.42 Å². The van der Waals surface area contributed by atoms with Gasteiger partial charge in [-0.2, -0.15) is 4.31 Å². The Balaban J connectivity index is 1.33. The summed E-state index contributed by atoms with van der Waals surface area (Å²) in [5, 5.41) is 4.01. The van der Waals surface area contributed by atoms with Gasteiger partial charge in [0.25, 0.3) is 0 Å². The first-order chi connectivity index (χ1) is 17.4. The van der Waals surface area contributed by atoms with Gasteiger partial charge >= 0.3 is 0 Å². The molecule has 0 atom stereocenters. The summed E-state index contributed by atoms with van der Waals surface area (Å²) in [7, 11) is -3.44. The lowest BCUT2D eigenvalue weighted by Crippen LogP contribution is -2.28. The minimum atomic E-state index is -3.44. The summed E-state index contributed by atoms with van der Waals surface area (Å²) in [5.41, 5.74) is 5.58. The first-order valence-corrected chi connectivity index (χ1v) is 13.7. The summed E-state index contributed by atoms with van der Waals surface area (Å²) in [6.45, 7) is 3.42. The molecule has 0 saturated carbocycles.